The molecule has 3 heteroatoms. The van der Waals surface area contributed by atoms with Gasteiger partial charge >= 0.3 is 0 Å². The third-order valence-electron chi connectivity index (χ3n) is 2.36. The van der Waals surface area contributed by atoms with Gasteiger partial charge in [-0.1, -0.05) is 12.8 Å². The molecule has 0 heterocycles. The highest BCUT2D eigenvalue weighted by Gasteiger charge is 2.24. The minimum atomic E-state index is -0.665. The highest BCUT2D eigenvalue weighted by molar-refractivity contribution is 7.86. The largest absolute Gasteiger partial charge is 0.329 e. The van der Waals surface area contributed by atoms with E-state index in [0.717, 1.165) is 12.8 Å². The first-order valence-corrected chi connectivity index (χ1v) is 5.62. The fraction of sp³-hybridized carbons (Fsp3) is 1.00. The Kier molecular flexibility index (Phi) is 3.52. The lowest BCUT2D eigenvalue weighted by molar-refractivity contribution is 0.658. The molecule has 0 saturated heterocycles. The van der Waals surface area contributed by atoms with Crippen LogP contribution in [0.3, 0.4) is 0 Å². The summed E-state index contributed by atoms with van der Waals surface area (Å²) in [5, 5.41) is 0.645. The van der Waals surface area contributed by atoms with Crippen molar-refractivity contribution in [3.63, 3.8) is 0 Å². The Labute approximate surface area is 71.0 Å². The van der Waals surface area contributed by atoms with Crippen LogP contribution in [0.1, 0.15) is 32.6 Å². The predicted molar refractivity (Wildman–Crippen MR) is 48.9 cm³/mol. The molecule has 2 unspecified atom stereocenters. The Morgan fingerprint density at radius 1 is 1.55 bits per heavy atom. The summed E-state index contributed by atoms with van der Waals surface area (Å²) in [6.07, 6.45) is 4.81. The van der Waals surface area contributed by atoms with Crippen LogP contribution >= 0.6 is 0 Å². The van der Waals surface area contributed by atoms with Gasteiger partial charge in [-0.25, -0.2) is 0 Å². The molecule has 2 nitrogen and oxygen atoms in total. The number of rotatable bonds is 3. The van der Waals surface area contributed by atoms with E-state index in [9.17, 15) is 4.21 Å². The first kappa shape index (κ1) is 9.20. The lowest BCUT2D eigenvalue weighted by Gasteiger charge is -2.13. The first-order valence-electron chi connectivity index (χ1n) is 4.35. The molecule has 2 N–H and O–H groups in total. The van der Waals surface area contributed by atoms with Crippen LogP contribution in [0, 0.1) is 0 Å². The van der Waals surface area contributed by atoms with Crippen LogP contribution in [-0.2, 0) is 10.8 Å². The van der Waals surface area contributed by atoms with E-state index >= 15 is 0 Å². The average Bonchev–Trinajstić information content (AvgIpc) is 2.53. The third kappa shape index (κ3) is 2.27. The van der Waals surface area contributed by atoms with Crippen molar-refractivity contribution < 1.29 is 4.21 Å². The van der Waals surface area contributed by atoms with E-state index in [1.54, 1.807) is 0 Å². The van der Waals surface area contributed by atoms with Crippen LogP contribution in [0.4, 0.5) is 0 Å². The van der Waals surface area contributed by atoms with Crippen molar-refractivity contribution >= 4 is 10.8 Å². The van der Waals surface area contributed by atoms with E-state index in [1.165, 1.54) is 12.8 Å². The SMILES string of the molecule is CC(CN)S(=O)C1CCCC1. The molecule has 1 aliphatic carbocycles. The summed E-state index contributed by atoms with van der Waals surface area (Å²) in [6.45, 7) is 2.54. The number of hydrogen-bond acceptors (Lipinski definition) is 2. The van der Waals surface area contributed by atoms with E-state index in [2.05, 4.69) is 0 Å². The van der Waals surface area contributed by atoms with Gasteiger partial charge in [-0.15, -0.1) is 0 Å². The van der Waals surface area contributed by atoms with Crippen LogP contribution in [0.15, 0.2) is 0 Å². The highest BCUT2D eigenvalue weighted by atomic mass is 32.2. The summed E-state index contributed by atoms with van der Waals surface area (Å²) >= 11 is 0. The third-order valence-corrected chi connectivity index (χ3v) is 4.47. The van der Waals surface area contributed by atoms with Crippen molar-refractivity contribution in [2.24, 2.45) is 5.73 Å². The molecular formula is C8H17NOS. The van der Waals surface area contributed by atoms with Crippen molar-refractivity contribution in [1.82, 2.24) is 0 Å². The molecule has 0 aromatic heterocycles. The quantitative estimate of drug-likeness (QED) is 0.696. The summed E-state index contributed by atoms with van der Waals surface area (Å²) in [4.78, 5) is 0. The molecule has 0 bridgehead atoms. The van der Waals surface area contributed by atoms with Crippen LogP contribution in [-0.4, -0.2) is 21.3 Å². The fourth-order valence-corrected chi connectivity index (χ4v) is 3.19. The van der Waals surface area contributed by atoms with Crippen LogP contribution < -0.4 is 5.73 Å². The van der Waals surface area contributed by atoms with Gasteiger partial charge in [-0.05, 0) is 19.8 Å². The van der Waals surface area contributed by atoms with Gasteiger partial charge in [-0.3, -0.25) is 4.21 Å². The van der Waals surface area contributed by atoms with Crippen LogP contribution in [0.2, 0.25) is 0 Å². The molecule has 0 spiro atoms. The maximum atomic E-state index is 11.6. The molecular weight excluding hydrogens is 158 g/mol. The van der Waals surface area contributed by atoms with Gasteiger partial charge in [0.25, 0.3) is 0 Å². The highest BCUT2D eigenvalue weighted by Crippen LogP contribution is 2.24. The average molecular weight is 175 g/mol. The molecule has 1 rings (SSSR count). The van der Waals surface area contributed by atoms with Crippen LogP contribution in [0.5, 0.6) is 0 Å². The standard InChI is InChI=1S/C8H17NOS/c1-7(6-9)11(10)8-4-2-3-5-8/h7-8H,2-6,9H2,1H3. The zero-order valence-electron chi connectivity index (χ0n) is 7.08. The van der Waals surface area contributed by atoms with Crippen molar-refractivity contribution in [1.29, 1.82) is 0 Å². The minimum absolute atomic E-state index is 0.193. The Hall–Kier alpha value is 0.110. The van der Waals surface area contributed by atoms with Gasteiger partial charge < -0.3 is 5.73 Å². The maximum Gasteiger partial charge on any atom is 0.0445 e. The molecule has 1 fully saturated rings. The van der Waals surface area contributed by atoms with Gasteiger partial charge in [0.15, 0.2) is 0 Å². The van der Waals surface area contributed by atoms with Gasteiger partial charge in [0.1, 0.15) is 0 Å². The second kappa shape index (κ2) is 4.21. The van der Waals surface area contributed by atoms with Crippen molar-refractivity contribution in [3.05, 3.63) is 0 Å². The number of hydrogen-bond donors (Lipinski definition) is 1. The van der Waals surface area contributed by atoms with Crippen molar-refractivity contribution in [2.75, 3.05) is 6.54 Å². The Bertz CT molecular complexity index is 143. The topological polar surface area (TPSA) is 43.1 Å². The number of nitrogens with two attached hydrogens (primary N) is 1. The summed E-state index contributed by atoms with van der Waals surface area (Å²) in [7, 11) is -0.665. The normalized spacial score (nSPS) is 25.3. The predicted octanol–water partition coefficient (Wildman–Crippen LogP) is 1.02. The zero-order chi connectivity index (χ0) is 8.27. The molecule has 0 amide bonds. The Balaban J connectivity index is 2.39. The monoisotopic (exact) mass is 175 g/mol. The van der Waals surface area contributed by atoms with E-state index in [-0.39, 0.29) is 5.25 Å². The minimum Gasteiger partial charge on any atom is -0.329 e. The Morgan fingerprint density at radius 2 is 2.09 bits per heavy atom. The molecule has 66 valence electrons. The van der Waals surface area contributed by atoms with Crippen LogP contribution in [0.25, 0.3) is 0 Å². The molecule has 1 saturated carbocycles. The van der Waals surface area contributed by atoms with Gasteiger partial charge in [-0.2, -0.15) is 0 Å². The van der Waals surface area contributed by atoms with E-state index in [4.69, 9.17) is 5.73 Å². The van der Waals surface area contributed by atoms with E-state index in [1.807, 2.05) is 6.92 Å². The fourth-order valence-electron chi connectivity index (χ4n) is 1.54. The zero-order valence-corrected chi connectivity index (χ0v) is 7.90. The summed E-state index contributed by atoms with van der Waals surface area (Å²) in [6, 6.07) is 0. The van der Waals surface area contributed by atoms with Gasteiger partial charge in [0.05, 0.1) is 0 Å². The summed E-state index contributed by atoms with van der Waals surface area (Å²) < 4.78 is 11.6. The summed E-state index contributed by atoms with van der Waals surface area (Å²) in [5.74, 6) is 0. The van der Waals surface area contributed by atoms with Crippen molar-refractivity contribution in [3.8, 4) is 0 Å². The first-order chi connectivity index (χ1) is 5.25. The molecule has 0 aliphatic heterocycles. The second-order valence-corrected chi connectivity index (χ2v) is 5.41. The molecule has 1 aliphatic rings. The molecule has 0 aromatic carbocycles. The molecule has 2 atom stereocenters. The van der Waals surface area contributed by atoms with Gasteiger partial charge in [0, 0.05) is 27.8 Å². The maximum absolute atomic E-state index is 11.6. The van der Waals surface area contributed by atoms with Gasteiger partial charge in [0.2, 0.25) is 0 Å². The molecule has 11 heavy (non-hydrogen) atoms. The lowest BCUT2D eigenvalue weighted by Crippen LogP contribution is -2.28. The lowest BCUT2D eigenvalue weighted by atomic mass is 10.4. The Morgan fingerprint density at radius 3 is 2.55 bits per heavy atom. The summed E-state index contributed by atoms with van der Waals surface area (Å²) in [5.41, 5.74) is 5.45. The molecule has 0 aromatic rings. The van der Waals surface area contributed by atoms with E-state index in [0.29, 0.717) is 11.8 Å². The molecule has 0 radical (unpaired) electrons. The van der Waals surface area contributed by atoms with E-state index < -0.39 is 10.8 Å². The smallest absolute Gasteiger partial charge is 0.0445 e. The van der Waals surface area contributed by atoms with Crippen molar-refractivity contribution in [2.45, 2.75) is 43.1 Å². The second-order valence-electron chi connectivity index (χ2n) is 3.28.